The number of carboxylic acids is 1. The van der Waals surface area contributed by atoms with Crippen LogP contribution in [0.1, 0.15) is 24.0 Å². The van der Waals surface area contributed by atoms with Gasteiger partial charge in [0.05, 0.1) is 0 Å². The average Bonchev–Trinajstić information content (AvgIpc) is 3.40. The van der Waals surface area contributed by atoms with Crippen LogP contribution in [0.5, 0.6) is 11.8 Å². The molecule has 1 aliphatic rings. The molecule has 1 atom stereocenters. The van der Waals surface area contributed by atoms with E-state index in [2.05, 4.69) is 14.9 Å². The molecule has 2 aromatic heterocycles. The number of carboxylic acid groups (broad SMARTS) is 1. The first-order valence-electron chi connectivity index (χ1n) is 12.4. The van der Waals surface area contributed by atoms with Crippen LogP contribution in [0.3, 0.4) is 0 Å². The molecule has 188 valence electrons. The van der Waals surface area contributed by atoms with E-state index in [0.29, 0.717) is 31.5 Å². The number of hydrogen-bond donors (Lipinski definition) is 1. The summed E-state index contributed by atoms with van der Waals surface area (Å²) >= 11 is 0. The lowest BCUT2D eigenvalue weighted by atomic mass is 10.1. The Morgan fingerprint density at radius 2 is 1.59 bits per heavy atom. The molecule has 5 rings (SSSR count). The van der Waals surface area contributed by atoms with Gasteiger partial charge in [0.2, 0.25) is 11.8 Å². The highest BCUT2D eigenvalue weighted by Crippen LogP contribution is 2.32. The lowest BCUT2D eigenvalue weighted by Gasteiger charge is -2.18. The van der Waals surface area contributed by atoms with Gasteiger partial charge in [0, 0.05) is 42.9 Å². The zero-order valence-electron chi connectivity index (χ0n) is 20.5. The number of rotatable bonds is 10. The summed E-state index contributed by atoms with van der Waals surface area (Å²) in [4.78, 5) is 22.5. The number of anilines is 1. The van der Waals surface area contributed by atoms with Crippen molar-refractivity contribution in [2.75, 3.05) is 18.0 Å². The molecule has 0 bridgehead atoms. The molecule has 1 N–H and O–H groups in total. The third-order valence-electron chi connectivity index (χ3n) is 6.41. The van der Waals surface area contributed by atoms with Crippen LogP contribution in [0.25, 0.3) is 11.1 Å². The van der Waals surface area contributed by atoms with E-state index in [1.54, 1.807) is 0 Å². The summed E-state index contributed by atoms with van der Waals surface area (Å²) in [7, 11) is 0. The highest BCUT2D eigenvalue weighted by molar-refractivity contribution is 5.69. The molecule has 0 saturated carbocycles. The van der Waals surface area contributed by atoms with Crippen molar-refractivity contribution >= 4 is 11.8 Å². The maximum absolute atomic E-state index is 11.1. The van der Waals surface area contributed by atoms with Crippen LogP contribution in [-0.2, 0) is 18.0 Å². The van der Waals surface area contributed by atoms with Crippen molar-refractivity contribution in [1.29, 1.82) is 0 Å². The van der Waals surface area contributed by atoms with Crippen molar-refractivity contribution in [3.63, 3.8) is 0 Å². The summed E-state index contributed by atoms with van der Waals surface area (Å²) < 4.78 is 12.1. The largest absolute Gasteiger partial charge is 0.481 e. The summed E-state index contributed by atoms with van der Waals surface area (Å²) in [6.45, 7) is 2.32. The molecule has 3 heterocycles. The Kier molecular flexibility index (Phi) is 7.60. The van der Waals surface area contributed by atoms with Gasteiger partial charge >= 0.3 is 5.97 Å². The molecule has 1 aliphatic heterocycles. The van der Waals surface area contributed by atoms with Gasteiger partial charge in [-0.1, -0.05) is 60.7 Å². The van der Waals surface area contributed by atoms with Crippen LogP contribution in [0, 0.1) is 5.92 Å². The van der Waals surface area contributed by atoms with Gasteiger partial charge < -0.3 is 19.5 Å². The SMILES string of the molecule is O=C(O)C[C@H]1CCN(c2ccc(-c3ccc(OCc4ccccc4)nc3OCc3ccccc3)cn2)C1. The molecule has 37 heavy (non-hydrogen) atoms. The van der Waals surface area contributed by atoms with Crippen molar-refractivity contribution in [1.82, 2.24) is 9.97 Å². The second-order valence-electron chi connectivity index (χ2n) is 9.15. The molecular weight excluding hydrogens is 466 g/mol. The lowest BCUT2D eigenvalue weighted by Crippen LogP contribution is -2.21. The number of benzene rings is 2. The van der Waals surface area contributed by atoms with Crippen LogP contribution in [-0.4, -0.2) is 34.1 Å². The molecule has 0 amide bonds. The first-order chi connectivity index (χ1) is 18.1. The minimum atomic E-state index is -0.748. The normalized spacial score (nSPS) is 14.9. The van der Waals surface area contributed by atoms with E-state index >= 15 is 0 Å². The first kappa shape index (κ1) is 24.3. The fraction of sp³-hybridized carbons (Fsp3) is 0.233. The van der Waals surface area contributed by atoms with E-state index in [0.717, 1.165) is 41.0 Å². The third kappa shape index (κ3) is 6.44. The van der Waals surface area contributed by atoms with Gasteiger partial charge in [0.15, 0.2) is 0 Å². The zero-order valence-corrected chi connectivity index (χ0v) is 20.5. The van der Waals surface area contributed by atoms with Gasteiger partial charge in [0.1, 0.15) is 19.0 Å². The highest BCUT2D eigenvalue weighted by Gasteiger charge is 2.25. The second-order valence-corrected chi connectivity index (χ2v) is 9.15. The third-order valence-corrected chi connectivity index (χ3v) is 6.41. The molecular formula is C30H29N3O4. The molecule has 7 heteroatoms. The van der Waals surface area contributed by atoms with E-state index < -0.39 is 5.97 Å². The number of aromatic nitrogens is 2. The van der Waals surface area contributed by atoms with Gasteiger partial charge in [0.25, 0.3) is 0 Å². The lowest BCUT2D eigenvalue weighted by molar-refractivity contribution is -0.137. The monoisotopic (exact) mass is 495 g/mol. The zero-order chi connectivity index (χ0) is 25.5. The molecule has 7 nitrogen and oxygen atoms in total. The standard InChI is InChI=1S/C30H29N3O4/c34-29(35)17-24-15-16-33(19-24)27-13-11-25(18-31-27)26-12-14-28(36-20-22-7-3-1-4-8-22)32-30(26)37-21-23-9-5-2-6-10-23/h1-14,18,24H,15-17,19-21H2,(H,34,35)/t24-/m1/s1. The molecule has 0 spiro atoms. The minimum Gasteiger partial charge on any atom is -0.481 e. The van der Waals surface area contributed by atoms with Gasteiger partial charge in [-0.2, -0.15) is 4.98 Å². The molecule has 1 fully saturated rings. The van der Waals surface area contributed by atoms with Crippen molar-refractivity contribution in [2.24, 2.45) is 5.92 Å². The molecule has 0 unspecified atom stereocenters. The Balaban J connectivity index is 1.34. The van der Waals surface area contributed by atoms with E-state index in [4.69, 9.17) is 14.6 Å². The Morgan fingerprint density at radius 3 is 2.24 bits per heavy atom. The number of carbonyl (C=O) groups is 1. The predicted octanol–water partition coefficient (Wildman–Crippen LogP) is 5.60. The van der Waals surface area contributed by atoms with Crippen molar-refractivity contribution < 1.29 is 19.4 Å². The van der Waals surface area contributed by atoms with Gasteiger partial charge in [-0.25, -0.2) is 4.98 Å². The Labute approximate surface area is 216 Å². The predicted molar refractivity (Wildman–Crippen MR) is 142 cm³/mol. The molecule has 2 aromatic carbocycles. The summed E-state index contributed by atoms with van der Waals surface area (Å²) in [5.74, 6) is 1.22. The van der Waals surface area contributed by atoms with Crippen LogP contribution < -0.4 is 14.4 Å². The van der Waals surface area contributed by atoms with Gasteiger partial charge in [-0.3, -0.25) is 4.79 Å². The Morgan fingerprint density at radius 1 is 0.892 bits per heavy atom. The van der Waals surface area contributed by atoms with Gasteiger partial charge in [-0.15, -0.1) is 0 Å². The van der Waals surface area contributed by atoms with E-state index in [-0.39, 0.29) is 12.3 Å². The van der Waals surface area contributed by atoms with Crippen molar-refractivity contribution in [2.45, 2.75) is 26.1 Å². The number of aliphatic carboxylic acids is 1. The molecule has 1 saturated heterocycles. The first-order valence-corrected chi connectivity index (χ1v) is 12.4. The van der Waals surface area contributed by atoms with Crippen LogP contribution in [0.4, 0.5) is 5.82 Å². The van der Waals surface area contributed by atoms with Crippen molar-refractivity contribution in [3.8, 4) is 22.9 Å². The number of nitrogens with zero attached hydrogens (tertiary/aromatic N) is 3. The van der Waals surface area contributed by atoms with E-state index in [9.17, 15) is 4.79 Å². The maximum Gasteiger partial charge on any atom is 0.303 e. The van der Waals surface area contributed by atoms with Crippen molar-refractivity contribution in [3.05, 3.63) is 102 Å². The fourth-order valence-corrected chi connectivity index (χ4v) is 4.48. The number of ether oxygens (including phenoxy) is 2. The molecule has 4 aromatic rings. The van der Waals surface area contributed by atoms with E-state index in [1.807, 2.05) is 91.1 Å². The van der Waals surface area contributed by atoms with Crippen LogP contribution in [0.2, 0.25) is 0 Å². The summed E-state index contributed by atoms with van der Waals surface area (Å²) in [5.41, 5.74) is 3.82. The number of hydrogen-bond acceptors (Lipinski definition) is 6. The van der Waals surface area contributed by atoms with Crippen LogP contribution in [0.15, 0.2) is 91.1 Å². The van der Waals surface area contributed by atoms with E-state index in [1.165, 1.54) is 0 Å². The maximum atomic E-state index is 11.1. The minimum absolute atomic E-state index is 0.157. The molecule has 0 aliphatic carbocycles. The number of pyridine rings is 2. The van der Waals surface area contributed by atoms with Crippen LogP contribution >= 0.6 is 0 Å². The summed E-state index contributed by atoms with van der Waals surface area (Å²) in [6, 6.07) is 27.7. The summed E-state index contributed by atoms with van der Waals surface area (Å²) in [6.07, 6.45) is 2.87. The Hall–Kier alpha value is -4.39. The fourth-order valence-electron chi connectivity index (χ4n) is 4.48. The smallest absolute Gasteiger partial charge is 0.303 e. The van der Waals surface area contributed by atoms with Gasteiger partial charge in [-0.05, 0) is 41.7 Å². The topological polar surface area (TPSA) is 84.8 Å². The highest BCUT2D eigenvalue weighted by atomic mass is 16.5. The second kappa shape index (κ2) is 11.6. The summed E-state index contributed by atoms with van der Waals surface area (Å²) in [5, 5.41) is 9.09. The average molecular weight is 496 g/mol. The Bertz CT molecular complexity index is 1310. The molecule has 0 radical (unpaired) electrons. The quantitative estimate of drug-likeness (QED) is 0.306.